The van der Waals surface area contributed by atoms with Crippen LogP contribution in [0.25, 0.3) is 10.9 Å². The Bertz CT molecular complexity index is 1260. The summed E-state index contributed by atoms with van der Waals surface area (Å²) >= 11 is 3.52. The normalized spacial score (nSPS) is 20.4. The SMILES string of the molecule is CC1=C(C)C(=O)N(Nc2cc(CN3CCN(C4CCN(C(=O)O)CC4)CC3)c3ccc(Br)cc3n2)C1=O. The van der Waals surface area contributed by atoms with Gasteiger partial charge in [-0.15, -0.1) is 0 Å². The Morgan fingerprint density at radius 3 is 2.30 bits per heavy atom. The first-order valence-corrected chi connectivity index (χ1v) is 13.4. The lowest BCUT2D eigenvalue weighted by molar-refractivity contribution is -0.135. The van der Waals surface area contributed by atoms with Gasteiger partial charge in [-0.3, -0.25) is 24.8 Å². The number of aromatic nitrogens is 1. The third-order valence-corrected chi connectivity index (χ3v) is 8.24. The maximum absolute atomic E-state index is 12.6. The molecule has 0 spiro atoms. The second kappa shape index (κ2) is 10.4. The molecule has 2 N–H and O–H groups in total. The molecule has 3 aliphatic heterocycles. The minimum atomic E-state index is -0.825. The highest BCUT2D eigenvalue weighted by molar-refractivity contribution is 9.10. The molecule has 0 atom stereocenters. The Labute approximate surface area is 224 Å². The molecular weight excluding hydrogens is 540 g/mol. The van der Waals surface area contributed by atoms with Crippen molar-refractivity contribution >= 4 is 50.6 Å². The van der Waals surface area contributed by atoms with E-state index in [1.165, 1.54) is 4.90 Å². The average molecular weight is 571 g/mol. The number of piperidine rings is 1. The first-order valence-electron chi connectivity index (χ1n) is 12.6. The van der Waals surface area contributed by atoms with Gasteiger partial charge in [-0.05, 0) is 50.5 Å². The Morgan fingerprint density at radius 2 is 1.68 bits per heavy atom. The van der Waals surface area contributed by atoms with Crippen LogP contribution in [-0.4, -0.2) is 93.0 Å². The lowest BCUT2D eigenvalue weighted by Crippen LogP contribution is -2.53. The number of carbonyl (C=O) groups excluding carboxylic acids is 2. The number of carboxylic acid groups (broad SMARTS) is 1. The smallest absolute Gasteiger partial charge is 0.407 e. The monoisotopic (exact) mass is 570 g/mol. The number of hydrogen-bond acceptors (Lipinski definition) is 7. The minimum absolute atomic E-state index is 0.356. The Balaban J connectivity index is 1.29. The molecule has 1 aromatic heterocycles. The first kappa shape index (κ1) is 25.6. The summed E-state index contributed by atoms with van der Waals surface area (Å²) in [5.41, 5.74) is 5.67. The number of amides is 3. The summed E-state index contributed by atoms with van der Waals surface area (Å²) in [6.45, 7) is 8.94. The van der Waals surface area contributed by atoms with Crippen LogP contribution in [0.5, 0.6) is 0 Å². The molecule has 5 rings (SSSR count). The van der Waals surface area contributed by atoms with E-state index in [9.17, 15) is 19.5 Å². The number of hydrazine groups is 1. The molecule has 0 unspecified atom stereocenters. The summed E-state index contributed by atoms with van der Waals surface area (Å²) in [5, 5.41) is 11.3. The van der Waals surface area contributed by atoms with E-state index in [4.69, 9.17) is 0 Å². The highest BCUT2D eigenvalue weighted by atomic mass is 79.9. The number of anilines is 1. The quantitative estimate of drug-likeness (QED) is 0.527. The zero-order valence-corrected chi connectivity index (χ0v) is 22.6. The van der Waals surface area contributed by atoms with E-state index in [1.807, 2.05) is 24.3 Å². The predicted octanol–water partition coefficient (Wildman–Crippen LogP) is 3.29. The second-order valence-electron chi connectivity index (χ2n) is 9.95. The number of halogens is 1. The number of carbonyl (C=O) groups is 3. The van der Waals surface area contributed by atoms with Crippen molar-refractivity contribution < 1.29 is 19.5 Å². The molecule has 3 amide bonds. The molecule has 0 radical (unpaired) electrons. The number of rotatable bonds is 5. The number of pyridine rings is 1. The molecule has 0 aliphatic carbocycles. The predicted molar refractivity (Wildman–Crippen MR) is 143 cm³/mol. The van der Waals surface area contributed by atoms with E-state index in [1.54, 1.807) is 13.8 Å². The van der Waals surface area contributed by atoms with Crippen molar-refractivity contribution in [3.8, 4) is 0 Å². The molecular formula is C26H31BrN6O4. The number of benzene rings is 1. The zero-order chi connectivity index (χ0) is 26.3. The summed E-state index contributed by atoms with van der Waals surface area (Å²) in [6, 6.07) is 8.33. The van der Waals surface area contributed by atoms with Gasteiger partial charge in [-0.1, -0.05) is 22.0 Å². The number of nitrogens with zero attached hydrogens (tertiary/aromatic N) is 5. The van der Waals surface area contributed by atoms with Crippen LogP contribution in [0, 0.1) is 0 Å². The first-order chi connectivity index (χ1) is 17.7. The number of nitrogens with one attached hydrogen (secondary N) is 1. The van der Waals surface area contributed by atoms with E-state index in [2.05, 4.69) is 36.1 Å². The molecule has 2 fully saturated rings. The minimum Gasteiger partial charge on any atom is -0.465 e. The van der Waals surface area contributed by atoms with Crippen LogP contribution in [0.15, 0.2) is 39.9 Å². The van der Waals surface area contributed by atoms with Crippen molar-refractivity contribution in [3.05, 3.63) is 45.4 Å². The lowest BCUT2D eigenvalue weighted by atomic mass is 10.0. The fourth-order valence-electron chi connectivity index (χ4n) is 5.38. The summed E-state index contributed by atoms with van der Waals surface area (Å²) in [7, 11) is 0. The molecule has 11 heteroatoms. The fourth-order valence-corrected chi connectivity index (χ4v) is 5.73. The van der Waals surface area contributed by atoms with Gasteiger partial charge in [0.2, 0.25) is 0 Å². The Morgan fingerprint density at radius 1 is 1.03 bits per heavy atom. The zero-order valence-electron chi connectivity index (χ0n) is 21.0. The van der Waals surface area contributed by atoms with Crippen LogP contribution in [0.2, 0.25) is 0 Å². The third kappa shape index (κ3) is 5.21. The number of likely N-dealkylation sites (tertiary alicyclic amines) is 1. The largest absolute Gasteiger partial charge is 0.465 e. The molecule has 0 bridgehead atoms. The molecule has 3 aliphatic rings. The Kier molecular flexibility index (Phi) is 7.19. The summed E-state index contributed by atoms with van der Waals surface area (Å²) in [5.74, 6) is -0.260. The van der Waals surface area contributed by atoms with Crippen molar-refractivity contribution in [1.29, 1.82) is 0 Å². The Hall–Kier alpha value is -3.02. The van der Waals surface area contributed by atoms with Crippen LogP contribution < -0.4 is 5.43 Å². The molecule has 0 saturated carbocycles. The van der Waals surface area contributed by atoms with Gasteiger partial charge in [0.15, 0.2) is 0 Å². The van der Waals surface area contributed by atoms with E-state index in [0.29, 0.717) is 36.1 Å². The average Bonchev–Trinajstić information content (AvgIpc) is 3.07. The van der Waals surface area contributed by atoms with Gasteiger partial charge in [-0.25, -0.2) is 9.78 Å². The van der Waals surface area contributed by atoms with Gasteiger partial charge < -0.3 is 10.0 Å². The highest BCUT2D eigenvalue weighted by Crippen LogP contribution is 2.28. The lowest BCUT2D eigenvalue weighted by Gasteiger charge is -2.42. The topological polar surface area (TPSA) is 109 Å². The van der Waals surface area contributed by atoms with Crippen molar-refractivity contribution in [1.82, 2.24) is 24.7 Å². The summed E-state index contributed by atoms with van der Waals surface area (Å²) < 4.78 is 0.903. The molecule has 2 aromatic rings. The summed E-state index contributed by atoms with van der Waals surface area (Å²) in [6.07, 6.45) is 0.939. The number of piperazine rings is 1. The van der Waals surface area contributed by atoms with E-state index in [-0.39, 0.29) is 11.8 Å². The van der Waals surface area contributed by atoms with E-state index in [0.717, 1.165) is 71.5 Å². The van der Waals surface area contributed by atoms with Gasteiger partial charge in [0.05, 0.1) is 5.52 Å². The number of fused-ring (bicyclic) bond motifs is 1. The molecule has 37 heavy (non-hydrogen) atoms. The van der Waals surface area contributed by atoms with Gasteiger partial charge in [0.1, 0.15) is 5.82 Å². The van der Waals surface area contributed by atoms with Crippen LogP contribution >= 0.6 is 15.9 Å². The standard InChI is InChI=1S/C26H31BrN6O4/c1-16-17(2)25(35)33(24(16)34)29-23-13-18(21-4-3-19(27)14-22(21)28-23)15-30-9-11-31(12-10-30)20-5-7-32(8-6-20)26(36)37/h3-4,13-14,20H,5-12,15H2,1-2H3,(H,28,29)(H,36,37). The summed E-state index contributed by atoms with van der Waals surface area (Å²) in [4.78, 5) is 47.4. The van der Waals surface area contributed by atoms with Gasteiger partial charge in [-0.2, -0.15) is 5.01 Å². The van der Waals surface area contributed by atoms with Crippen LogP contribution in [0.1, 0.15) is 32.3 Å². The van der Waals surface area contributed by atoms with Gasteiger partial charge in [0.25, 0.3) is 11.8 Å². The number of imide groups is 1. The van der Waals surface area contributed by atoms with Crippen molar-refractivity contribution in [2.75, 3.05) is 44.7 Å². The fraction of sp³-hybridized carbons (Fsp3) is 0.462. The second-order valence-corrected chi connectivity index (χ2v) is 10.9. The highest BCUT2D eigenvalue weighted by Gasteiger charge is 2.34. The van der Waals surface area contributed by atoms with Crippen LogP contribution in [-0.2, 0) is 16.1 Å². The maximum atomic E-state index is 12.6. The van der Waals surface area contributed by atoms with Crippen molar-refractivity contribution in [2.45, 2.75) is 39.3 Å². The van der Waals surface area contributed by atoms with E-state index >= 15 is 0 Å². The van der Waals surface area contributed by atoms with Crippen molar-refractivity contribution in [2.24, 2.45) is 0 Å². The van der Waals surface area contributed by atoms with E-state index < -0.39 is 6.09 Å². The molecule has 1 aromatic carbocycles. The van der Waals surface area contributed by atoms with Gasteiger partial charge >= 0.3 is 6.09 Å². The number of hydrogen-bond donors (Lipinski definition) is 2. The molecule has 2 saturated heterocycles. The maximum Gasteiger partial charge on any atom is 0.407 e. The molecule has 4 heterocycles. The van der Waals surface area contributed by atoms with Gasteiger partial charge in [0, 0.05) is 72.9 Å². The molecule has 10 nitrogen and oxygen atoms in total. The van der Waals surface area contributed by atoms with Crippen LogP contribution in [0.3, 0.4) is 0 Å². The van der Waals surface area contributed by atoms with Crippen molar-refractivity contribution in [3.63, 3.8) is 0 Å². The molecule has 196 valence electrons. The van der Waals surface area contributed by atoms with Crippen LogP contribution in [0.4, 0.5) is 10.6 Å². The third-order valence-electron chi connectivity index (χ3n) is 7.75.